The van der Waals surface area contributed by atoms with E-state index in [4.69, 9.17) is 5.11 Å². The van der Waals surface area contributed by atoms with Gasteiger partial charge in [-0.1, -0.05) is 69.1 Å². The lowest BCUT2D eigenvalue weighted by Gasteiger charge is -2.01. The van der Waals surface area contributed by atoms with E-state index < -0.39 is 5.97 Å². The number of carbonyl (C=O) groups is 1. The van der Waals surface area contributed by atoms with Crippen LogP contribution in [0.2, 0.25) is 0 Å². The van der Waals surface area contributed by atoms with Crippen molar-refractivity contribution in [3.8, 4) is 0 Å². The van der Waals surface area contributed by atoms with Crippen LogP contribution in [0.15, 0.2) is 36.5 Å². The van der Waals surface area contributed by atoms with Gasteiger partial charge in [0.2, 0.25) is 0 Å². The number of rotatable bonds is 17. The minimum Gasteiger partial charge on any atom is -0.481 e. The van der Waals surface area contributed by atoms with E-state index in [1.807, 2.05) is 0 Å². The smallest absolute Gasteiger partial charge is 0.304 e. The number of hydrogen-bond donors (Lipinski definition) is 1. The molecule has 1 N–H and O–H groups in total. The van der Waals surface area contributed by atoms with Gasteiger partial charge in [-0.05, 0) is 44.3 Å². The lowest BCUT2D eigenvalue weighted by atomic mass is 10.1. The second-order valence-electron chi connectivity index (χ2n) is 5.96. The highest BCUT2D eigenvalue weighted by Crippen LogP contribution is 2.11. The first-order chi connectivity index (χ1) is 11.8. The number of carboxylic acids is 1. The summed E-state index contributed by atoms with van der Waals surface area (Å²) in [6.45, 7) is 2.16. The molecule has 0 bridgehead atoms. The van der Waals surface area contributed by atoms with Crippen molar-refractivity contribution in [2.45, 2.75) is 77.6 Å². The molecule has 0 spiro atoms. The predicted octanol–water partition coefficient (Wildman–Crippen LogP) is 6.78. The molecule has 0 rings (SSSR count). The topological polar surface area (TPSA) is 37.3 Å². The number of unbranched alkanes of at least 4 members (excludes halogenated alkanes) is 6. The van der Waals surface area contributed by atoms with Crippen LogP contribution in [-0.2, 0) is 4.79 Å². The van der Waals surface area contributed by atoms with Crippen LogP contribution in [0, 0.1) is 0 Å². The van der Waals surface area contributed by atoms with Crippen molar-refractivity contribution in [3.63, 3.8) is 0 Å². The van der Waals surface area contributed by atoms with Crippen molar-refractivity contribution in [3.05, 3.63) is 36.5 Å². The van der Waals surface area contributed by atoms with Gasteiger partial charge in [-0.15, -0.1) is 0 Å². The summed E-state index contributed by atoms with van der Waals surface area (Å²) >= 11 is 1.77. The molecule has 0 atom stereocenters. The summed E-state index contributed by atoms with van der Waals surface area (Å²) in [4.78, 5) is 10.4. The second kappa shape index (κ2) is 20.1. The van der Waals surface area contributed by atoms with Crippen LogP contribution in [0.5, 0.6) is 0 Å². The van der Waals surface area contributed by atoms with Gasteiger partial charge in [0, 0.05) is 5.75 Å². The van der Waals surface area contributed by atoms with Crippen LogP contribution in [0.3, 0.4) is 0 Å². The highest BCUT2D eigenvalue weighted by molar-refractivity contribution is 7.99. The Morgan fingerprint density at radius 2 is 1.38 bits per heavy atom. The van der Waals surface area contributed by atoms with Crippen LogP contribution in [0.1, 0.15) is 77.6 Å². The first kappa shape index (κ1) is 23.0. The number of thioether (sulfide) groups is 1. The maximum Gasteiger partial charge on any atom is 0.304 e. The fourth-order valence-corrected chi connectivity index (χ4v) is 3.19. The predicted molar refractivity (Wildman–Crippen MR) is 109 cm³/mol. The molecule has 0 amide bonds. The minimum atomic E-state index is -0.684. The van der Waals surface area contributed by atoms with Gasteiger partial charge in [-0.2, -0.15) is 11.8 Å². The van der Waals surface area contributed by atoms with Crippen LogP contribution in [-0.4, -0.2) is 22.6 Å². The summed E-state index contributed by atoms with van der Waals surface area (Å²) in [6, 6.07) is 0. The molecule has 0 aliphatic carbocycles. The zero-order chi connectivity index (χ0) is 17.7. The lowest BCUT2D eigenvalue weighted by molar-refractivity contribution is -0.136. The first-order valence-corrected chi connectivity index (χ1v) is 10.7. The zero-order valence-electron chi connectivity index (χ0n) is 15.4. The number of carboxylic acid groups (broad SMARTS) is 1. The maximum absolute atomic E-state index is 10.4. The molecule has 0 radical (unpaired) electrons. The zero-order valence-corrected chi connectivity index (χ0v) is 16.2. The molecule has 0 saturated heterocycles. The molecule has 2 nitrogen and oxygen atoms in total. The van der Waals surface area contributed by atoms with Gasteiger partial charge in [-0.25, -0.2) is 0 Å². The summed E-state index contributed by atoms with van der Waals surface area (Å²) in [6.07, 6.45) is 26.0. The number of hydrogen-bond acceptors (Lipinski definition) is 2. The summed E-state index contributed by atoms with van der Waals surface area (Å²) < 4.78 is 0. The van der Waals surface area contributed by atoms with Crippen LogP contribution in [0.4, 0.5) is 0 Å². The Balaban J connectivity index is 3.18. The molecule has 0 aromatic carbocycles. The molecule has 0 aliphatic heterocycles. The van der Waals surface area contributed by atoms with Crippen molar-refractivity contribution in [2.24, 2.45) is 0 Å². The van der Waals surface area contributed by atoms with E-state index in [1.165, 1.54) is 44.9 Å². The van der Waals surface area contributed by atoms with Gasteiger partial charge in [0.15, 0.2) is 0 Å². The van der Waals surface area contributed by atoms with Crippen molar-refractivity contribution < 1.29 is 9.90 Å². The molecule has 0 fully saturated rings. The average molecular weight is 353 g/mol. The van der Waals surface area contributed by atoms with E-state index in [2.05, 4.69) is 43.4 Å². The van der Waals surface area contributed by atoms with E-state index in [9.17, 15) is 4.79 Å². The summed E-state index contributed by atoms with van der Waals surface area (Å²) in [5.74, 6) is 1.18. The van der Waals surface area contributed by atoms with Gasteiger partial charge in [0.1, 0.15) is 0 Å². The van der Waals surface area contributed by atoms with E-state index in [0.717, 1.165) is 30.8 Å². The Kier molecular flexibility index (Phi) is 19.3. The average Bonchev–Trinajstić information content (AvgIpc) is 2.56. The summed E-state index contributed by atoms with van der Waals surface area (Å²) in [5, 5.41) is 8.53. The van der Waals surface area contributed by atoms with Gasteiger partial charge >= 0.3 is 5.97 Å². The maximum atomic E-state index is 10.4. The minimum absolute atomic E-state index is 0.296. The highest BCUT2D eigenvalue weighted by atomic mass is 32.2. The van der Waals surface area contributed by atoms with Crippen molar-refractivity contribution in [1.29, 1.82) is 0 Å². The SMILES string of the molecule is CCC=CCC=CCC=CCCCCCCCCSCCC(=O)O. The molecule has 0 aromatic rings. The number of allylic oxidation sites excluding steroid dienone is 6. The lowest BCUT2D eigenvalue weighted by Crippen LogP contribution is -1.96. The Labute approximate surface area is 153 Å². The third-order valence-corrected chi connectivity index (χ3v) is 4.72. The Morgan fingerprint density at radius 3 is 2.04 bits per heavy atom. The molecular formula is C21H36O2S. The largest absolute Gasteiger partial charge is 0.481 e. The van der Waals surface area contributed by atoms with Crippen LogP contribution >= 0.6 is 11.8 Å². The standard InChI is InChI=1S/C21H36O2S/c1-2-3-4-5-6-7-8-9-10-11-12-13-14-15-16-17-19-24-20-18-21(22)23/h3-4,6-7,9-10H,2,5,8,11-20H2,1H3,(H,22,23). The second-order valence-corrected chi connectivity index (χ2v) is 7.18. The molecule has 24 heavy (non-hydrogen) atoms. The molecule has 0 aromatic heterocycles. The van der Waals surface area contributed by atoms with E-state index in [0.29, 0.717) is 6.42 Å². The highest BCUT2D eigenvalue weighted by Gasteiger charge is 1.96. The molecule has 138 valence electrons. The van der Waals surface area contributed by atoms with E-state index >= 15 is 0 Å². The Hall–Kier alpha value is -0.960. The quantitative estimate of drug-likeness (QED) is 0.231. The van der Waals surface area contributed by atoms with Gasteiger partial charge < -0.3 is 5.11 Å². The van der Waals surface area contributed by atoms with Crippen molar-refractivity contribution in [2.75, 3.05) is 11.5 Å². The fraction of sp³-hybridized carbons (Fsp3) is 0.667. The number of aliphatic carboxylic acids is 1. The Bertz CT molecular complexity index is 359. The van der Waals surface area contributed by atoms with Gasteiger partial charge in [0.05, 0.1) is 6.42 Å². The summed E-state index contributed by atoms with van der Waals surface area (Å²) in [5.41, 5.74) is 0. The van der Waals surface area contributed by atoms with Crippen molar-refractivity contribution in [1.82, 2.24) is 0 Å². The molecular weight excluding hydrogens is 316 g/mol. The molecule has 0 saturated carbocycles. The van der Waals surface area contributed by atoms with Crippen molar-refractivity contribution >= 4 is 17.7 Å². The fourth-order valence-electron chi connectivity index (χ4n) is 2.26. The molecule has 0 heterocycles. The normalized spacial score (nSPS) is 12.0. The monoisotopic (exact) mass is 352 g/mol. The Morgan fingerprint density at radius 1 is 0.792 bits per heavy atom. The van der Waals surface area contributed by atoms with Crippen LogP contribution in [0.25, 0.3) is 0 Å². The first-order valence-electron chi connectivity index (χ1n) is 9.52. The third-order valence-electron chi connectivity index (χ3n) is 3.65. The molecule has 0 aliphatic rings. The van der Waals surface area contributed by atoms with Gasteiger partial charge in [0.25, 0.3) is 0 Å². The molecule has 0 unspecified atom stereocenters. The van der Waals surface area contributed by atoms with Gasteiger partial charge in [-0.3, -0.25) is 4.79 Å². The van der Waals surface area contributed by atoms with E-state index in [-0.39, 0.29) is 0 Å². The third kappa shape index (κ3) is 21.0. The summed E-state index contributed by atoms with van der Waals surface area (Å²) in [7, 11) is 0. The molecule has 3 heteroatoms. The van der Waals surface area contributed by atoms with E-state index in [1.54, 1.807) is 11.8 Å². The van der Waals surface area contributed by atoms with Crippen LogP contribution < -0.4 is 0 Å².